The molecule has 2 aliphatic heterocycles. The average Bonchev–Trinajstić information content (AvgIpc) is 3.45. The summed E-state index contributed by atoms with van der Waals surface area (Å²) in [6.45, 7) is 10.4. The van der Waals surface area contributed by atoms with Gasteiger partial charge in [0.2, 0.25) is 6.54 Å². The quantitative estimate of drug-likeness (QED) is 0.623. The molecule has 0 saturated carbocycles. The Morgan fingerprint density at radius 2 is 2.00 bits per heavy atom. The van der Waals surface area contributed by atoms with E-state index in [1.807, 2.05) is 12.4 Å². The Hall–Kier alpha value is -2.68. The van der Waals surface area contributed by atoms with Gasteiger partial charge in [-0.1, -0.05) is 12.1 Å². The van der Waals surface area contributed by atoms with E-state index in [4.69, 9.17) is 11.3 Å². The highest BCUT2D eigenvalue weighted by molar-refractivity contribution is 5.85. The highest BCUT2D eigenvalue weighted by Gasteiger charge is 2.25. The fraction of sp³-hybridized carbons (Fsp3) is 0.417. The molecule has 4 heterocycles. The molecule has 2 fully saturated rings. The second kappa shape index (κ2) is 7.98. The molecule has 5 heteroatoms. The number of aromatic nitrogens is 2. The van der Waals surface area contributed by atoms with Crippen LogP contribution in [0.1, 0.15) is 54.3 Å². The van der Waals surface area contributed by atoms with Gasteiger partial charge in [-0.05, 0) is 67.0 Å². The first-order valence-electron chi connectivity index (χ1n) is 10.6. The lowest BCUT2D eigenvalue weighted by Gasteiger charge is -2.27. The molecule has 2 N–H and O–H groups in total. The number of benzene rings is 1. The van der Waals surface area contributed by atoms with Gasteiger partial charge in [-0.15, -0.1) is 0 Å². The van der Waals surface area contributed by atoms with E-state index in [2.05, 4.69) is 44.4 Å². The number of nitrogens with one attached hydrogen (secondary N) is 2. The normalized spacial score (nSPS) is 20.2. The molecule has 3 aromatic rings. The summed E-state index contributed by atoms with van der Waals surface area (Å²) < 4.78 is 5.60. The van der Waals surface area contributed by atoms with E-state index in [9.17, 15) is 0 Å². The van der Waals surface area contributed by atoms with Crippen molar-refractivity contribution in [3.05, 3.63) is 64.8 Å². The summed E-state index contributed by atoms with van der Waals surface area (Å²) in [6.07, 6.45) is 8.49. The van der Waals surface area contributed by atoms with Crippen molar-refractivity contribution >= 4 is 11.0 Å². The lowest BCUT2D eigenvalue weighted by Crippen LogP contribution is -2.19. The fourth-order valence-corrected chi connectivity index (χ4v) is 4.82. The Labute approximate surface area is 171 Å². The maximum atomic E-state index is 7.19. The third-order valence-corrected chi connectivity index (χ3v) is 6.38. The van der Waals surface area contributed by atoms with Gasteiger partial charge in [0.05, 0.1) is 5.56 Å². The smallest absolute Gasteiger partial charge is 0.241 e. The number of H-pyrrole nitrogens is 1. The maximum Gasteiger partial charge on any atom is 0.241 e. The number of pyridine rings is 1. The van der Waals surface area contributed by atoms with Crippen LogP contribution in [0.2, 0.25) is 0 Å². The molecule has 2 saturated heterocycles. The molecule has 0 amide bonds. The number of rotatable bonds is 4. The van der Waals surface area contributed by atoms with Crippen molar-refractivity contribution in [2.24, 2.45) is 0 Å². The Morgan fingerprint density at radius 3 is 2.79 bits per heavy atom. The van der Waals surface area contributed by atoms with Gasteiger partial charge in [0.1, 0.15) is 5.65 Å². The Bertz CT molecular complexity index is 1050. The van der Waals surface area contributed by atoms with Crippen LogP contribution < -0.4 is 5.32 Å². The Kier molecular flexibility index (Phi) is 5.05. The van der Waals surface area contributed by atoms with Crippen LogP contribution >= 0.6 is 0 Å². The standard InChI is InChI=1S/C24H26N4O/c1-25-13-19-15-28-24-21(19)12-18(14-27-24)17-4-5-20(16-6-9-29-10-7-16)22(11-17)23-3-2-8-26-23/h4-5,11-12,14-16,23,26H,2-3,6-10,13H2,(H,27,28). The van der Waals surface area contributed by atoms with Crippen LogP contribution in [-0.2, 0) is 11.3 Å². The van der Waals surface area contributed by atoms with Crippen LogP contribution in [0.15, 0.2) is 36.7 Å². The van der Waals surface area contributed by atoms with Gasteiger partial charge in [-0.25, -0.2) is 11.6 Å². The van der Waals surface area contributed by atoms with Crippen LogP contribution in [0, 0.1) is 6.57 Å². The van der Waals surface area contributed by atoms with Gasteiger partial charge < -0.3 is 19.9 Å². The molecule has 1 atom stereocenters. The molecule has 148 valence electrons. The summed E-state index contributed by atoms with van der Waals surface area (Å²) in [5.41, 5.74) is 7.11. The molecule has 0 bridgehead atoms. The lowest BCUT2D eigenvalue weighted by molar-refractivity contribution is 0.0851. The number of hydrogen-bond donors (Lipinski definition) is 2. The van der Waals surface area contributed by atoms with Gasteiger partial charge in [0, 0.05) is 42.6 Å². The predicted octanol–water partition coefficient (Wildman–Crippen LogP) is 4.97. The van der Waals surface area contributed by atoms with Crippen molar-refractivity contribution in [2.45, 2.75) is 44.2 Å². The van der Waals surface area contributed by atoms with Crippen molar-refractivity contribution in [3.63, 3.8) is 0 Å². The topological polar surface area (TPSA) is 54.3 Å². The summed E-state index contributed by atoms with van der Waals surface area (Å²) in [7, 11) is 0. The Balaban J connectivity index is 1.56. The van der Waals surface area contributed by atoms with Crippen molar-refractivity contribution < 1.29 is 4.74 Å². The van der Waals surface area contributed by atoms with E-state index in [0.717, 1.165) is 54.8 Å². The summed E-state index contributed by atoms with van der Waals surface area (Å²) in [6, 6.07) is 9.57. The van der Waals surface area contributed by atoms with Crippen LogP contribution in [0.4, 0.5) is 0 Å². The fourth-order valence-electron chi connectivity index (χ4n) is 4.82. The van der Waals surface area contributed by atoms with Crippen molar-refractivity contribution in [3.8, 4) is 11.1 Å². The zero-order chi connectivity index (χ0) is 19.6. The number of aromatic amines is 1. The van der Waals surface area contributed by atoms with E-state index in [1.54, 1.807) is 0 Å². The van der Waals surface area contributed by atoms with Gasteiger partial charge in [-0.3, -0.25) is 0 Å². The molecule has 0 radical (unpaired) electrons. The number of ether oxygens (including phenoxy) is 1. The lowest BCUT2D eigenvalue weighted by atomic mass is 9.84. The van der Waals surface area contributed by atoms with Crippen LogP contribution in [0.25, 0.3) is 27.0 Å². The minimum absolute atomic E-state index is 0.380. The summed E-state index contributed by atoms with van der Waals surface area (Å²) in [5, 5.41) is 4.75. The first kappa shape index (κ1) is 18.4. The molecule has 29 heavy (non-hydrogen) atoms. The maximum absolute atomic E-state index is 7.19. The average molecular weight is 386 g/mol. The molecule has 5 rings (SSSR count). The van der Waals surface area contributed by atoms with Crippen molar-refractivity contribution in [1.82, 2.24) is 15.3 Å². The minimum Gasteiger partial charge on any atom is -0.381 e. The Morgan fingerprint density at radius 1 is 1.10 bits per heavy atom. The van der Waals surface area contributed by atoms with Gasteiger partial charge >= 0.3 is 0 Å². The summed E-state index contributed by atoms with van der Waals surface area (Å²) >= 11 is 0. The summed E-state index contributed by atoms with van der Waals surface area (Å²) in [5.74, 6) is 0.589. The van der Waals surface area contributed by atoms with E-state index < -0.39 is 0 Å². The molecular formula is C24H26N4O. The third kappa shape index (κ3) is 3.55. The van der Waals surface area contributed by atoms with Crippen LogP contribution in [0.5, 0.6) is 0 Å². The predicted molar refractivity (Wildman–Crippen MR) is 115 cm³/mol. The summed E-state index contributed by atoms with van der Waals surface area (Å²) in [4.78, 5) is 11.3. The highest BCUT2D eigenvalue weighted by Crippen LogP contribution is 2.37. The highest BCUT2D eigenvalue weighted by atomic mass is 16.5. The molecular weight excluding hydrogens is 360 g/mol. The molecule has 0 spiro atoms. The van der Waals surface area contributed by atoms with Crippen molar-refractivity contribution in [1.29, 1.82) is 0 Å². The van der Waals surface area contributed by atoms with Gasteiger partial charge in [0.25, 0.3) is 0 Å². The van der Waals surface area contributed by atoms with E-state index >= 15 is 0 Å². The van der Waals surface area contributed by atoms with E-state index in [1.165, 1.54) is 29.5 Å². The van der Waals surface area contributed by atoms with Crippen LogP contribution in [-0.4, -0.2) is 29.7 Å². The number of hydrogen-bond acceptors (Lipinski definition) is 3. The molecule has 1 aromatic carbocycles. The molecule has 2 aliphatic rings. The molecule has 1 unspecified atom stereocenters. The molecule has 2 aromatic heterocycles. The second-order valence-electron chi connectivity index (χ2n) is 8.13. The minimum atomic E-state index is 0.380. The molecule has 0 aliphatic carbocycles. The zero-order valence-corrected chi connectivity index (χ0v) is 16.6. The molecule has 5 nitrogen and oxygen atoms in total. The van der Waals surface area contributed by atoms with Gasteiger partial charge in [0.15, 0.2) is 0 Å². The van der Waals surface area contributed by atoms with Gasteiger partial charge in [-0.2, -0.15) is 0 Å². The monoisotopic (exact) mass is 386 g/mol. The van der Waals surface area contributed by atoms with E-state index in [-0.39, 0.29) is 0 Å². The van der Waals surface area contributed by atoms with Crippen LogP contribution in [0.3, 0.4) is 0 Å². The first-order chi connectivity index (χ1) is 14.3. The zero-order valence-electron chi connectivity index (χ0n) is 16.6. The first-order valence-corrected chi connectivity index (χ1v) is 10.6. The second-order valence-corrected chi connectivity index (χ2v) is 8.13. The largest absolute Gasteiger partial charge is 0.381 e. The number of fused-ring (bicyclic) bond motifs is 1. The number of nitrogens with zero attached hydrogens (tertiary/aromatic N) is 2. The van der Waals surface area contributed by atoms with E-state index in [0.29, 0.717) is 18.5 Å². The SMILES string of the molecule is [C-]#[N+]Cc1c[nH]c2ncc(-c3ccc(C4CCOCC4)c(C4CCCN4)c3)cc12. The third-order valence-electron chi connectivity index (χ3n) is 6.38. The van der Waals surface area contributed by atoms with Crippen molar-refractivity contribution in [2.75, 3.05) is 19.8 Å².